The summed E-state index contributed by atoms with van der Waals surface area (Å²) in [5, 5.41) is 7.32. The third kappa shape index (κ3) is 7050. The normalized spacial score (nSPS) is 2.00. The number of rotatable bonds is 0. The molecule has 0 aliphatic rings. The standard InChI is InChI=1S/C2H3N.Ni/c1-2-3;/h1H3;. The molecule has 4 heavy (non-hydrogen) atoms. The van der Waals surface area contributed by atoms with E-state index in [1.807, 2.05) is 0 Å². The largest absolute Gasteiger partial charge is 0.199 e. The van der Waals surface area contributed by atoms with Crippen LogP contribution in [-0.2, 0) is 16.5 Å². The first kappa shape index (κ1) is 9.01. The summed E-state index contributed by atoms with van der Waals surface area (Å²) in [5.41, 5.74) is 0. The molecule has 0 N–H and O–H groups in total. The van der Waals surface area contributed by atoms with Gasteiger partial charge in [-0.1, -0.05) is 0 Å². The van der Waals surface area contributed by atoms with Crippen LogP contribution in [-0.4, -0.2) is 0 Å². The Balaban J connectivity index is 0. The summed E-state index contributed by atoms with van der Waals surface area (Å²) in [4.78, 5) is 0. The van der Waals surface area contributed by atoms with E-state index >= 15 is 0 Å². The van der Waals surface area contributed by atoms with Gasteiger partial charge in [0.25, 0.3) is 0 Å². The number of nitrogens with zero attached hydrogens (tertiary/aromatic N) is 1. The van der Waals surface area contributed by atoms with Crippen molar-refractivity contribution in [2.24, 2.45) is 0 Å². The van der Waals surface area contributed by atoms with Crippen molar-refractivity contribution in [1.82, 2.24) is 0 Å². The van der Waals surface area contributed by atoms with Crippen LogP contribution < -0.4 is 0 Å². The average Bonchev–Trinajstić information content (AvgIpc) is 0.918. The zero-order valence-corrected chi connectivity index (χ0v) is 3.25. The van der Waals surface area contributed by atoms with Gasteiger partial charge in [0.15, 0.2) is 0 Å². The first-order chi connectivity index (χ1) is 1.41. The molecule has 0 heterocycles. The molecule has 0 fully saturated rings. The summed E-state index contributed by atoms with van der Waals surface area (Å²) in [6.45, 7) is 1.43. The molecule has 0 saturated heterocycles. The van der Waals surface area contributed by atoms with E-state index in [-0.39, 0.29) is 16.5 Å². The topological polar surface area (TPSA) is 23.8 Å². The average molecular weight is 99.7 g/mol. The summed E-state index contributed by atoms with van der Waals surface area (Å²) in [5.74, 6) is 0. The first-order valence-corrected chi connectivity index (χ1v) is 0.724. The van der Waals surface area contributed by atoms with Crippen LogP contribution in [0, 0.1) is 11.3 Å². The fourth-order valence-electron chi connectivity index (χ4n) is 0. The Kier molecular flexibility index (Phi) is 27.3. The molecule has 0 saturated carbocycles. The van der Waals surface area contributed by atoms with Crippen molar-refractivity contribution >= 4 is 0 Å². The summed E-state index contributed by atoms with van der Waals surface area (Å²) in [6.07, 6.45) is 0. The predicted molar refractivity (Wildman–Crippen MR) is 11.3 cm³/mol. The third-order valence-corrected chi connectivity index (χ3v) is 0. The Morgan fingerprint density at radius 1 is 1.75 bits per heavy atom. The number of hydrogen-bond donors (Lipinski definition) is 0. The minimum absolute atomic E-state index is 0. The molecular weight excluding hydrogens is 96.7 g/mol. The molecule has 2 heteroatoms. The second-order valence-electron chi connectivity index (χ2n) is 0.224. The smallest absolute Gasteiger partial charge is 0.0587 e. The summed E-state index contributed by atoms with van der Waals surface area (Å²) in [7, 11) is 0. The van der Waals surface area contributed by atoms with Gasteiger partial charge in [-0.05, 0) is 0 Å². The van der Waals surface area contributed by atoms with Gasteiger partial charge in [-0.3, -0.25) is 0 Å². The maximum absolute atomic E-state index is 7.32. The van der Waals surface area contributed by atoms with Crippen molar-refractivity contribution in [3.8, 4) is 6.07 Å². The van der Waals surface area contributed by atoms with E-state index in [0.717, 1.165) is 0 Å². The van der Waals surface area contributed by atoms with Gasteiger partial charge in [0.05, 0.1) is 6.07 Å². The minimum atomic E-state index is 0. The molecule has 0 unspecified atom stereocenters. The van der Waals surface area contributed by atoms with Gasteiger partial charge in [-0.15, -0.1) is 0 Å². The minimum Gasteiger partial charge on any atom is -0.199 e. The Morgan fingerprint density at radius 3 is 1.75 bits per heavy atom. The van der Waals surface area contributed by atoms with Gasteiger partial charge >= 0.3 is 0 Å². The van der Waals surface area contributed by atoms with Crippen LogP contribution in [0.2, 0.25) is 0 Å². The fraction of sp³-hybridized carbons (Fsp3) is 0.500. The molecule has 0 aliphatic heterocycles. The van der Waals surface area contributed by atoms with E-state index in [1.165, 1.54) is 6.92 Å². The van der Waals surface area contributed by atoms with Crippen LogP contribution >= 0.6 is 0 Å². The van der Waals surface area contributed by atoms with E-state index in [2.05, 4.69) is 0 Å². The Hall–Kier alpha value is -0.0165. The molecule has 0 aromatic carbocycles. The summed E-state index contributed by atoms with van der Waals surface area (Å²) < 4.78 is 0. The van der Waals surface area contributed by atoms with E-state index in [4.69, 9.17) is 5.26 Å². The van der Waals surface area contributed by atoms with Crippen molar-refractivity contribution in [3.63, 3.8) is 0 Å². The second kappa shape index (κ2) is 12.1. The van der Waals surface area contributed by atoms with Crippen molar-refractivity contribution in [1.29, 1.82) is 5.26 Å². The van der Waals surface area contributed by atoms with E-state index < -0.39 is 0 Å². The summed E-state index contributed by atoms with van der Waals surface area (Å²) in [6, 6.07) is 1.75. The molecule has 0 amide bonds. The van der Waals surface area contributed by atoms with Gasteiger partial charge in [-0.2, -0.15) is 5.26 Å². The van der Waals surface area contributed by atoms with Crippen molar-refractivity contribution in [2.75, 3.05) is 0 Å². The molecule has 0 rings (SSSR count). The van der Waals surface area contributed by atoms with Gasteiger partial charge in [0.1, 0.15) is 0 Å². The van der Waals surface area contributed by atoms with Gasteiger partial charge in [-0.25, -0.2) is 0 Å². The zero-order valence-electron chi connectivity index (χ0n) is 2.26. The third-order valence-electron chi connectivity index (χ3n) is 0. The molecule has 0 radical (unpaired) electrons. The fourth-order valence-corrected chi connectivity index (χ4v) is 0. The Labute approximate surface area is 35.5 Å². The van der Waals surface area contributed by atoms with Gasteiger partial charge < -0.3 is 0 Å². The van der Waals surface area contributed by atoms with Crippen LogP contribution in [0.5, 0.6) is 0 Å². The van der Waals surface area contributed by atoms with Crippen LogP contribution in [0.1, 0.15) is 6.92 Å². The molecule has 0 bridgehead atoms. The molecule has 1 nitrogen and oxygen atoms in total. The quantitative estimate of drug-likeness (QED) is 0.407. The van der Waals surface area contributed by atoms with Crippen molar-refractivity contribution < 1.29 is 16.5 Å². The summed E-state index contributed by atoms with van der Waals surface area (Å²) >= 11 is 0. The van der Waals surface area contributed by atoms with Crippen LogP contribution in [0.15, 0.2) is 0 Å². The maximum Gasteiger partial charge on any atom is 0.0587 e. The molecular formula is C2H3NNi. The van der Waals surface area contributed by atoms with Gasteiger partial charge in [0, 0.05) is 23.4 Å². The maximum atomic E-state index is 7.32. The van der Waals surface area contributed by atoms with E-state index in [0.29, 0.717) is 0 Å². The van der Waals surface area contributed by atoms with Crippen LogP contribution in [0.25, 0.3) is 0 Å². The van der Waals surface area contributed by atoms with Crippen LogP contribution in [0.4, 0.5) is 0 Å². The molecule has 0 aromatic rings. The van der Waals surface area contributed by atoms with Gasteiger partial charge in [0.2, 0.25) is 0 Å². The Morgan fingerprint density at radius 2 is 1.75 bits per heavy atom. The van der Waals surface area contributed by atoms with E-state index in [9.17, 15) is 0 Å². The SMILES string of the molecule is CC#N.[Ni]. The zero-order chi connectivity index (χ0) is 2.71. The van der Waals surface area contributed by atoms with E-state index in [1.54, 1.807) is 6.07 Å². The molecule has 0 atom stereocenters. The molecule has 0 aliphatic carbocycles. The molecule has 0 aromatic heterocycles. The second-order valence-corrected chi connectivity index (χ2v) is 0.224. The predicted octanol–water partition coefficient (Wildman–Crippen LogP) is 0.527. The van der Waals surface area contributed by atoms with Crippen molar-refractivity contribution in [3.05, 3.63) is 0 Å². The monoisotopic (exact) mass is 99.0 g/mol. The number of nitriles is 1. The number of hydrogen-bond acceptors (Lipinski definition) is 1. The van der Waals surface area contributed by atoms with Crippen LogP contribution in [0.3, 0.4) is 0 Å². The Bertz CT molecular complexity index is 27.5. The molecule has 26 valence electrons. The molecule has 0 spiro atoms. The first-order valence-electron chi connectivity index (χ1n) is 0.724. The van der Waals surface area contributed by atoms with Crippen molar-refractivity contribution in [2.45, 2.75) is 6.92 Å².